The minimum absolute atomic E-state index is 0.0597. The molecule has 4 nitrogen and oxygen atoms in total. The molecule has 4 rings (SSSR count). The standard InChI is InChI=1S/C21H21NO3/c1-12-10-11-17(25-2)20-18(12)13-8-5-9-14(13)19(22-20)15-6-3-4-7-16(15)21(23)24/h3-8,10-11,13-14,19,22H,9H2,1-2H3,(H,23,24)/t13-,14+,19-/m0/s1. The van der Waals surface area contributed by atoms with E-state index in [1.165, 1.54) is 11.1 Å². The van der Waals surface area contributed by atoms with Gasteiger partial charge in [-0.05, 0) is 48.1 Å². The van der Waals surface area contributed by atoms with Crippen molar-refractivity contribution in [3.05, 3.63) is 70.8 Å². The zero-order valence-corrected chi connectivity index (χ0v) is 14.3. The smallest absolute Gasteiger partial charge is 0.336 e. The third-order valence-corrected chi connectivity index (χ3v) is 5.45. The number of methoxy groups -OCH3 is 1. The number of allylic oxidation sites excluding steroid dienone is 2. The molecule has 0 saturated heterocycles. The fourth-order valence-electron chi connectivity index (χ4n) is 4.31. The van der Waals surface area contributed by atoms with Gasteiger partial charge in [-0.15, -0.1) is 0 Å². The maximum Gasteiger partial charge on any atom is 0.336 e. The van der Waals surface area contributed by atoms with Crippen molar-refractivity contribution >= 4 is 11.7 Å². The van der Waals surface area contributed by atoms with Crippen molar-refractivity contribution in [2.45, 2.75) is 25.3 Å². The van der Waals surface area contributed by atoms with E-state index in [4.69, 9.17) is 4.74 Å². The molecule has 25 heavy (non-hydrogen) atoms. The van der Waals surface area contributed by atoms with Gasteiger partial charge in [0, 0.05) is 5.92 Å². The monoisotopic (exact) mass is 335 g/mol. The lowest BCUT2D eigenvalue weighted by molar-refractivity contribution is 0.0694. The second kappa shape index (κ2) is 5.96. The average Bonchev–Trinajstić information content (AvgIpc) is 3.10. The molecule has 0 fully saturated rings. The van der Waals surface area contributed by atoms with Gasteiger partial charge in [-0.1, -0.05) is 36.4 Å². The maximum absolute atomic E-state index is 11.7. The van der Waals surface area contributed by atoms with Crippen LogP contribution >= 0.6 is 0 Å². The predicted octanol–water partition coefficient (Wildman–Crippen LogP) is 4.53. The van der Waals surface area contributed by atoms with Gasteiger partial charge in [-0.25, -0.2) is 4.79 Å². The number of fused-ring (bicyclic) bond motifs is 3. The number of anilines is 1. The number of carboxylic acids is 1. The SMILES string of the molecule is COc1ccc(C)c2c1N[C@H](c1ccccc1C(=O)O)[C@@H]1CC=C[C@H]21. The van der Waals surface area contributed by atoms with Crippen LogP contribution in [0, 0.1) is 12.8 Å². The van der Waals surface area contributed by atoms with Gasteiger partial charge in [0.05, 0.1) is 24.4 Å². The summed E-state index contributed by atoms with van der Waals surface area (Å²) in [6.07, 6.45) is 5.40. The number of rotatable bonds is 3. The number of hydrogen-bond acceptors (Lipinski definition) is 3. The molecule has 0 aromatic heterocycles. The van der Waals surface area contributed by atoms with Crippen molar-refractivity contribution in [2.24, 2.45) is 5.92 Å². The Morgan fingerprint density at radius 1 is 1.24 bits per heavy atom. The number of nitrogens with one attached hydrogen (secondary N) is 1. The first kappa shape index (κ1) is 15.8. The first-order chi connectivity index (χ1) is 12.1. The van der Waals surface area contributed by atoms with Gasteiger partial charge in [-0.3, -0.25) is 0 Å². The molecular weight excluding hydrogens is 314 g/mol. The van der Waals surface area contributed by atoms with Crippen molar-refractivity contribution in [2.75, 3.05) is 12.4 Å². The summed E-state index contributed by atoms with van der Waals surface area (Å²) in [5.74, 6) is 0.496. The molecule has 1 heterocycles. The Bertz CT molecular complexity index is 871. The highest BCUT2D eigenvalue weighted by Gasteiger charge is 2.40. The minimum atomic E-state index is -0.887. The summed E-state index contributed by atoms with van der Waals surface area (Å²) in [5.41, 5.74) is 4.68. The van der Waals surface area contributed by atoms with Crippen molar-refractivity contribution in [1.29, 1.82) is 0 Å². The van der Waals surface area contributed by atoms with Gasteiger partial charge in [-0.2, -0.15) is 0 Å². The molecule has 2 aromatic rings. The number of hydrogen-bond donors (Lipinski definition) is 2. The lowest BCUT2D eigenvalue weighted by Gasteiger charge is -2.39. The molecule has 2 aromatic carbocycles. The van der Waals surface area contributed by atoms with Crippen LogP contribution in [0.25, 0.3) is 0 Å². The van der Waals surface area contributed by atoms with Crippen LogP contribution in [0.2, 0.25) is 0 Å². The fourth-order valence-corrected chi connectivity index (χ4v) is 4.31. The number of carbonyl (C=O) groups is 1. The normalized spacial score (nSPS) is 23.5. The zero-order valence-electron chi connectivity index (χ0n) is 14.3. The van der Waals surface area contributed by atoms with Crippen LogP contribution in [0.1, 0.15) is 45.4 Å². The first-order valence-corrected chi connectivity index (χ1v) is 8.54. The zero-order chi connectivity index (χ0) is 17.6. The molecular formula is C21H21NO3. The molecule has 128 valence electrons. The summed E-state index contributed by atoms with van der Waals surface area (Å²) in [6, 6.07) is 11.3. The fraction of sp³-hybridized carbons (Fsp3) is 0.286. The molecule has 1 aliphatic heterocycles. The van der Waals surface area contributed by atoms with Crippen LogP contribution in [0.5, 0.6) is 5.75 Å². The van der Waals surface area contributed by atoms with Gasteiger partial charge in [0.2, 0.25) is 0 Å². The second-order valence-electron chi connectivity index (χ2n) is 6.74. The third kappa shape index (κ3) is 2.40. The van der Waals surface area contributed by atoms with E-state index >= 15 is 0 Å². The van der Waals surface area contributed by atoms with Crippen LogP contribution in [0.3, 0.4) is 0 Å². The highest BCUT2D eigenvalue weighted by atomic mass is 16.5. The number of benzene rings is 2. The Balaban J connectivity index is 1.89. The van der Waals surface area contributed by atoms with E-state index in [2.05, 4.69) is 30.5 Å². The highest BCUT2D eigenvalue weighted by Crippen LogP contribution is 2.53. The van der Waals surface area contributed by atoms with Gasteiger partial charge in [0.1, 0.15) is 5.75 Å². The second-order valence-corrected chi connectivity index (χ2v) is 6.74. The van der Waals surface area contributed by atoms with Crippen molar-refractivity contribution < 1.29 is 14.6 Å². The molecule has 0 spiro atoms. The Kier molecular flexibility index (Phi) is 3.75. The minimum Gasteiger partial charge on any atom is -0.495 e. The molecule has 0 saturated carbocycles. The molecule has 0 unspecified atom stereocenters. The van der Waals surface area contributed by atoms with E-state index in [9.17, 15) is 9.90 Å². The van der Waals surface area contributed by atoms with E-state index < -0.39 is 5.97 Å². The van der Waals surface area contributed by atoms with Crippen molar-refractivity contribution in [3.63, 3.8) is 0 Å². The molecule has 3 atom stereocenters. The van der Waals surface area contributed by atoms with E-state index in [-0.39, 0.29) is 12.0 Å². The number of carboxylic acid groups (broad SMARTS) is 1. The van der Waals surface area contributed by atoms with Crippen LogP contribution in [-0.4, -0.2) is 18.2 Å². The number of aromatic carboxylic acids is 1. The summed E-state index contributed by atoms with van der Waals surface area (Å²) in [4.78, 5) is 11.7. The van der Waals surface area contributed by atoms with E-state index in [0.717, 1.165) is 23.4 Å². The first-order valence-electron chi connectivity index (χ1n) is 8.54. The summed E-state index contributed by atoms with van der Waals surface area (Å²) in [5, 5.41) is 13.2. The third-order valence-electron chi connectivity index (χ3n) is 5.45. The molecule has 2 N–H and O–H groups in total. The van der Waals surface area contributed by atoms with Gasteiger partial charge < -0.3 is 15.2 Å². The van der Waals surface area contributed by atoms with E-state index in [1.807, 2.05) is 18.2 Å². The summed E-state index contributed by atoms with van der Waals surface area (Å²) >= 11 is 0. The molecule has 0 amide bonds. The summed E-state index contributed by atoms with van der Waals surface area (Å²) in [6.45, 7) is 2.12. The Hall–Kier alpha value is -2.75. The molecule has 0 bridgehead atoms. The maximum atomic E-state index is 11.7. The summed E-state index contributed by atoms with van der Waals surface area (Å²) in [7, 11) is 1.67. The lowest BCUT2D eigenvalue weighted by Crippen LogP contribution is -2.31. The van der Waals surface area contributed by atoms with Crippen LogP contribution < -0.4 is 10.1 Å². The lowest BCUT2D eigenvalue weighted by atomic mass is 9.74. The summed E-state index contributed by atoms with van der Waals surface area (Å²) < 4.78 is 5.58. The molecule has 2 aliphatic rings. The Labute approximate surface area is 147 Å². The molecule has 1 aliphatic carbocycles. The topological polar surface area (TPSA) is 58.6 Å². The van der Waals surface area contributed by atoms with Crippen LogP contribution in [0.15, 0.2) is 48.6 Å². The molecule has 0 radical (unpaired) electrons. The van der Waals surface area contributed by atoms with E-state index in [0.29, 0.717) is 11.5 Å². The number of aryl methyl sites for hydroxylation is 1. The Morgan fingerprint density at radius 2 is 2.04 bits per heavy atom. The van der Waals surface area contributed by atoms with Crippen molar-refractivity contribution in [1.82, 2.24) is 0 Å². The Morgan fingerprint density at radius 3 is 2.80 bits per heavy atom. The van der Waals surface area contributed by atoms with Gasteiger partial charge in [0.25, 0.3) is 0 Å². The quantitative estimate of drug-likeness (QED) is 0.809. The van der Waals surface area contributed by atoms with Crippen LogP contribution in [0.4, 0.5) is 5.69 Å². The van der Waals surface area contributed by atoms with Gasteiger partial charge in [0.15, 0.2) is 0 Å². The highest BCUT2D eigenvalue weighted by molar-refractivity contribution is 5.90. The predicted molar refractivity (Wildman–Crippen MR) is 97.5 cm³/mol. The average molecular weight is 335 g/mol. The largest absolute Gasteiger partial charge is 0.495 e. The van der Waals surface area contributed by atoms with Crippen molar-refractivity contribution in [3.8, 4) is 5.75 Å². The van der Waals surface area contributed by atoms with Crippen LogP contribution in [-0.2, 0) is 0 Å². The number of ether oxygens (including phenoxy) is 1. The van der Waals surface area contributed by atoms with E-state index in [1.54, 1.807) is 19.2 Å². The molecule has 4 heteroatoms. The van der Waals surface area contributed by atoms with Gasteiger partial charge >= 0.3 is 5.97 Å².